The fourth-order valence-electron chi connectivity index (χ4n) is 2.94. The number of likely N-dealkylation sites (tertiary alicyclic amines) is 1. The molecule has 2 N–H and O–H groups in total. The van der Waals surface area contributed by atoms with Crippen molar-refractivity contribution >= 4 is 28.8 Å². The van der Waals surface area contributed by atoms with Crippen molar-refractivity contribution in [1.29, 1.82) is 0 Å². The van der Waals surface area contributed by atoms with Crippen LogP contribution in [0.4, 0.5) is 0 Å². The van der Waals surface area contributed by atoms with Crippen LogP contribution < -0.4 is 5.32 Å². The summed E-state index contributed by atoms with van der Waals surface area (Å²) in [4.78, 5) is 18.6. The number of hydrogen-bond donors (Lipinski definition) is 2. The molecule has 1 saturated heterocycles. The Labute approximate surface area is 150 Å². The first-order valence-electron chi connectivity index (χ1n) is 7.91. The van der Waals surface area contributed by atoms with Crippen molar-refractivity contribution in [3.05, 3.63) is 51.4 Å². The molecular formula is C17H20ClN3O2S. The first kappa shape index (κ1) is 17.4. The van der Waals surface area contributed by atoms with E-state index in [2.05, 4.69) is 15.2 Å². The number of rotatable bonds is 5. The van der Waals surface area contributed by atoms with Gasteiger partial charge in [0.25, 0.3) is 0 Å². The average molecular weight is 366 g/mol. The molecule has 5 nitrogen and oxygen atoms in total. The second kappa shape index (κ2) is 8.07. The average Bonchev–Trinajstić information content (AvgIpc) is 3.03. The van der Waals surface area contributed by atoms with Crippen molar-refractivity contribution in [3.63, 3.8) is 0 Å². The van der Waals surface area contributed by atoms with E-state index in [1.165, 1.54) is 0 Å². The molecule has 0 radical (unpaired) electrons. The van der Waals surface area contributed by atoms with E-state index in [-0.39, 0.29) is 18.4 Å². The lowest BCUT2D eigenvalue weighted by Crippen LogP contribution is -2.54. The Morgan fingerprint density at radius 1 is 1.50 bits per heavy atom. The smallest absolute Gasteiger partial charge is 0.224 e. The molecule has 0 unspecified atom stereocenters. The molecule has 0 bridgehead atoms. The highest BCUT2D eigenvalue weighted by molar-refractivity contribution is 7.07. The van der Waals surface area contributed by atoms with Crippen molar-refractivity contribution in [1.82, 2.24) is 15.2 Å². The third kappa shape index (κ3) is 4.77. The van der Waals surface area contributed by atoms with E-state index in [1.54, 1.807) is 23.5 Å². The van der Waals surface area contributed by atoms with Gasteiger partial charge in [0.05, 0.1) is 29.8 Å². The van der Waals surface area contributed by atoms with E-state index >= 15 is 0 Å². The Bertz CT molecular complexity index is 680. The summed E-state index contributed by atoms with van der Waals surface area (Å²) in [6, 6.07) is 7.07. The van der Waals surface area contributed by atoms with E-state index < -0.39 is 6.10 Å². The van der Waals surface area contributed by atoms with Gasteiger partial charge in [0, 0.05) is 30.0 Å². The molecule has 2 atom stereocenters. The number of β-amino-alcohol motifs (C(OH)–C–C–N with tert-alkyl or cyclic N) is 1. The second-order valence-electron chi connectivity index (χ2n) is 6.05. The molecule has 3 rings (SSSR count). The van der Waals surface area contributed by atoms with Crippen LogP contribution in [-0.2, 0) is 17.8 Å². The van der Waals surface area contributed by atoms with Crippen LogP contribution in [0.2, 0.25) is 5.02 Å². The van der Waals surface area contributed by atoms with Gasteiger partial charge >= 0.3 is 0 Å². The van der Waals surface area contributed by atoms with Crippen molar-refractivity contribution in [2.24, 2.45) is 0 Å². The number of benzene rings is 1. The van der Waals surface area contributed by atoms with E-state index in [4.69, 9.17) is 11.6 Å². The SMILES string of the molecule is O=C(Cc1cccc(Cl)c1)N[C@H]1CCN(Cc2cscn2)C[C@@H]1O. The largest absolute Gasteiger partial charge is 0.390 e. The highest BCUT2D eigenvalue weighted by Crippen LogP contribution is 2.15. The Hall–Kier alpha value is -1.47. The summed E-state index contributed by atoms with van der Waals surface area (Å²) in [5.41, 5.74) is 3.71. The number of nitrogens with zero attached hydrogens (tertiary/aromatic N) is 2. The number of nitrogens with one attached hydrogen (secondary N) is 1. The number of aromatic nitrogens is 1. The molecule has 128 valence electrons. The summed E-state index contributed by atoms with van der Waals surface area (Å²) in [7, 11) is 0. The van der Waals surface area contributed by atoms with Gasteiger partial charge < -0.3 is 10.4 Å². The fraction of sp³-hybridized carbons (Fsp3) is 0.412. The Kier molecular flexibility index (Phi) is 5.84. The Morgan fingerprint density at radius 2 is 2.38 bits per heavy atom. The lowest BCUT2D eigenvalue weighted by Gasteiger charge is -2.36. The first-order chi connectivity index (χ1) is 11.6. The lowest BCUT2D eigenvalue weighted by atomic mass is 10.0. The minimum absolute atomic E-state index is 0.0886. The fourth-order valence-corrected chi connectivity index (χ4v) is 3.71. The van der Waals surface area contributed by atoms with Gasteiger partial charge in [0.15, 0.2) is 0 Å². The van der Waals surface area contributed by atoms with Crippen LogP contribution in [0.3, 0.4) is 0 Å². The summed E-state index contributed by atoms with van der Waals surface area (Å²) >= 11 is 7.51. The van der Waals surface area contributed by atoms with Gasteiger partial charge in [-0.3, -0.25) is 9.69 Å². The van der Waals surface area contributed by atoms with Crippen LogP contribution in [0.15, 0.2) is 35.2 Å². The minimum atomic E-state index is -0.569. The maximum Gasteiger partial charge on any atom is 0.224 e. The second-order valence-corrected chi connectivity index (χ2v) is 7.21. The number of piperidine rings is 1. The summed E-state index contributed by atoms with van der Waals surface area (Å²) in [5.74, 6) is -0.0886. The summed E-state index contributed by atoms with van der Waals surface area (Å²) in [5, 5.41) is 15.9. The third-order valence-electron chi connectivity index (χ3n) is 4.14. The van der Waals surface area contributed by atoms with Gasteiger partial charge in [0.1, 0.15) is 0 Å². The highest BCUT2D eigenvalue weighted by Gasteiger charge is 2.29. The highest BCUT2D eigenvalue weighted by atomic mass is 35.5. The van der Waals surface area contributed by atoms with Gasteiger partial charge in [0.2, 0.25) is 5.91 Å². The zero-order valence-electron chi connectivity index (χ0n) is 13.2. The van der Waals surface area contributed by atoms with Crippen LogP contribution in [0.1, 0.15) is 17.7 Å². The molecule has 2 aromatic rings. The van der Waals surface area contributed by atoms with Crippen molar-refractivity contribution in [2.75, 3.05) is 13.1 Å². The molecule has 1 aromatic heterocycles. The van der Waals surface area contributed by atoms with Crippen LogP contribution in [-0.4, -0.2) is 46.1 Å². The van der Waals surface area contributed by atoms with E-state index in [9.17, 15) is 9.90 Å². The standard InChI is InChI=1S/C17H20ClN3O2S/c18-13-3-1-2-12(6-13)7-17(23)20-15-4-5-21(9-16(15)22)8-14-10-24-11-19-14/h1-3,6,10-11,15-16,22H,4-5,7-9H2,(H,20,23)/t15-,16-/m0/s1. The third-order valence-corrected chi connectivity index (χ3v) is 5.01. The number of hydrogen-bond acceptors (Lipinski definition) is 5. The predicted octanol–water partition coefficient (Wildman–Crippen LogP) is 2.09. The maximum absolute atomic E-state index is 12.2. The van der Waals surface area contributed by atoms with E-state index in [0.717, 1.165) is 30.8 Å². The molecule has 24 heavy (non-hydrogen) atoms. The van der Waals surface area contributed by atoms with Crippen LogP contribution >= 0.6 is 22.9 Å². The molecule has 2 heterocycles. The number of thiazole rings is 1. The molecule has 1 aromatic carbocycles. The molecule has 1 fully saturated rings. The maximum atomic E-state index is 12.2. The number of carbonyl (C=O) groups excluding carboxylic acids is 1. The van der Waals surface area contributed by atoms with Crippen molar-refractivity contribution < 1.29 is 9.90 Å². The summed E-state index contributed by atoms with van der Waals surface area (Å²) < 4.78 is 0. The van der Waals surface area contributed by atoms with Gasteiger partial charge in [-0.25, -0.2) is 4.98 Å². The van der Waals surface area contributed by atoms with Gasteiger partial charge in [-0.2, -0.15) is 0 Å². The minimum Gasteiger partial charge on any atom is -0.390 e. The van der Waals surface area contributed by atoms with Gasteiger partial charge in [-0.05, 0) is 24.1 Å². The molecule has 0 saturated carbocycles. The van der Waals surface area contributed by atoms with Crippen molar-refractivity contribution in [2.45, 2.75) is 31.5 Å². The molecule has 1 amide bonds. The van der Waals surface area contributed by atoms with Crippen molar-refractivity contribution in [3.8, 4) is 0 Å². The predicted molar refractivity (Wildman–Crippen MR) is 95.1 cm³/mol. The van der Waals surface area contributed by atoms with Crippen LogP contribution in [0, 0.1) is 0 Å². The molecule has 7 heteroatoms. The molecular weight excluding hydrogens is 346 g/mol. The molecule has 1 aliphatic rings. The van der Waals surface area contributed by atoms with Crippen LogP contribution in [0.25, 0.3) is 0 Å². The number of aliphatic hydroxyl groups excluding tert-OH is 1. The zero-order chi connectivity index (χ0) is 16.9. The number of carbonyl (C=O) groups is 1. The molecule has 0 aliphatic carbocycles. The first-order valence-corrected chi connectivity index (χ1v) is 9.23. The van der Waals surface area contributed by atoms with Crippen LogP contribution in [0.5, 0.6) is 0 Å². The topological polar surface area (TPSA) is 65.5 Å². The molecule has 0 spiro atoms. The quantitative estimate of drug-likeness (QED) is 0.851. The van der Waals surface area contributed by atoms with Gasteiger partial charge in [-0.15, -0.1) is 11.3 Å². The lowest BCUT2D eigenvalue weighted by molar-refractivity contribution is -0.122. The van der Waals surface area contributed by atoms with E-state index in [0.29, 0.717) is 11.6 Å². The Morgan fingerprint density at radius 3 is 3.08 bits per heavy atom. The number of amides is 1. The number of aliphatic hydroxyl groups is 1. The summed E-state index contributed by atoms with van der Waals surface area (Å²) in [6.07, 6.45) is 0.430. The normalized spacial score (nSPS) is 21.6. The monoisotopic (exact) mass is 365 g/mol. The zero-order valence-corrected chi connectivity index (χ0v) is 14.8. The summed E-state index contributed by atoms with van der Waals surface area (Å²) in [6.45, 7) is 2.11. The molecule has 1 aliphatic heterocycles. The Balaban J connectivity index is 1.48. The number of halogens is 1. The van der Waals surface area contributed by atoms with E-state index in [1.807, 2.05) is 23.0 Å². The van der Waals surface area contributed by atoms with Gasteiger partial charge in [-0.1, -0.05) is 23.7 Å².